The van der Waals surface area contributed by atoms with E-state index in [1.165, 1.54) is 17.0 Å². The molecule has 0 amide bonds. The molecule has 2 aliphatic rings. The number of rotatable bonds is 0. The minimum Gasteiger partial charge on any atom is -0.302 e. The van der Waals surface area contributed by atoms with E-state index in [1.807, 2.05) is 16.3 Å². The Kier molecular flexibility index (Phi) is 1.56. The number of pyridine rings is 1. The van der Waals surface area contributed by atoms with Crippen molar-refractivity contribution >= 4 is 11.8 Å². The Balaban J connectivity index is 2.33. The van der Waals surface area contributed by atoms with Crippen LogP contribution in [0.25, 0.3) is 0 Å². The molecule has 0 aromatic carbocycles. The number of fused-ring (bicyclic) bond motifs is 2. The van der Waals surface area contributed by atoms with Crippen molar-refractivity contribution in [2.45, 2.75) is 30.8 Å². The Labute approximate surface area is 81.0 Å². The molecule has 0 atom stereocenters. The molecule has 68 valence electrons. The van der Waals surface area contributed by atoms with Gasteiger partial charge in [0.25, 0.3) is 5.56 Å². The highest BCUT2D eigenvalue weighted by Gasteiger charge is 2.21. The third-order valence-electron chi connectivity index (χ3n) is 2.89. The Hall–Kier alpha value is -0.700. The standard InChI is InChI=1S/C10H11NOS/c12-10-8-3-1-2-7(8)6-9-11(10)4-5-13-9/h6H,1-5H2. The first-order chi connectivity index (χ1) is 6.36. The maximum atomic E-state index is 11.9. The van der Waals surface area contributed by atoms with Gasteiger partial charge in [-0.2, -0.15) is 0 Å². The number of hydrogen-bond donors (Lipinski definition) is 0. The van der Waals surface area contributed by atoms with Gasteiger partial charge in [-0.15, -0.1) is 11.8 Å². The van der Waals surface area contributed by atoms with Crippen molar-refractivity contribution < 1.29 is 0 Å². The molecule has 13 heavy (non-hydrogen) atoms. The van der Waals surface area contributed by atoms with E-state index in [-0.39, 0.29) is 5.56 Å². The third-order valence-corrected chi connectivity index (χ3v) is 3.91. The van der Waals surface area contributed by atoms with Gasteiger partial charge in [0.15, 0.2) is 0 Å². The summed E-state index contributed by atoms with van der Waals surface area (Å²) in [4.78, 5) is 11.9. The molecule has 1 aromatic heterocycles. The van der Waals surface area contributed by atoms with Crippen molar-refractivity contribution in [1.29, 1.82) is 0 Å². The second kappa shape index (κ2) is 2.64. The van der Waals surface area contributed by atoms with Crippen LogP contribution >= 0.6 is 11.8 Å². The molecular formula is C10H11NOS. The summed E-state index contributed by atoms with van der Waals surface area (Å²) in [6.45, 7) is 0.909. The zero-order chi connectivity index (χ0) is 8.84. The van der Waals surface area contributed by atoms with Crippen molar-refractivity contribution in [1.82, 2.24) is 4.57 Å². The zero-order valence-corrected chi connectivity index (χ0v) is 8.19. The van der Waals surface area contributed by atoms with Crippen LogP contribution in [0.1, 0.15) is 17.5 Å². The summed E-state index contributed by atoms with van der Waals surface area (Å²) in [6.07, 6.45) is 3.27. The number of hydrogen-bond acceptors (Lipinski definition) is 2. The Morgan fingerprint density at radius 3 is 3.23 bits per heavy atom. The molecular weight excluding hydrogens is 182 g/mol. The quantitative estimate of drug-likeness (QED) is 0.622. The summed E-state index contributed by atoms with van der Waals surface area (Å²) in [6, 6.07) is 2.22. The average Bonchev–Trinajstić information content (AvgIpc) is 2.71. The molecule has 0 N–H and O–H groups in total. The minimum atomic E-state index is 0.287. The van der Waals surface area contributed by atoms with Gasteiger partial charge >= 0.3 is 0 Å². The molecule has 2 heterocycles. The highest BCUT2D eigenvalue weighted by Crippen LogP contribution is 2.28. The van der Waals surface area contributed by atoms with Crippen molar-refractivity contribution in [2.24, 2.45) is 0 Å². The van der Waals surface area contributed by atoms with Gasteiger partial charge in [0.05, 0.1) is 5.03 Å². The molecule has 2 nitrogen and oxygen atoms in total. The Bertz CT molecular complexity index is 386. The summed E-state index contributed by atoms with van der Waals surface area (Å²) in [5.74, 6) is 1.07. The molecule has 0 fully saturated rings. The molecule has 3 heteroatoms. The first-order valence-corrected chi connectivity index (χ1v) is 5.73. The van der Waals surface area contributed by atoms with Crippen LogP contribution in [0.4, 0.5) is 0 Å². The maximum absolute atomic E-state index is 11.9. The van der Waals surface area contributed by atoms with Crippen LogP contribution in [0.15, 0.2) is 15.9 Å². The van der Waals surface area contributed by atoms with Crippen LogP contribution < -0.4 is 5.56 Å². The van der Waals surface area contributed by atoms with Gasteiger partial charge in [0.2, 0.25) is 0 Å². The van der Waals surface area contributed by atoms with E-state index >= 15 is 0 Å². The highest BCUT2D eigenvalue weighted by molar-refractivity contribution is 7.99. The van der Waals surface area contributed by atoms with E-state index in [1.54, 1.807) is 0 Å². The normalized spacial score (nSPS) is 18.8. The monoisotopic (exact) mass is 193 g/mol. The van der Waals surface area contributed by atoms with E-state index in [0.29, 0.717) is 0 Å². The van der Waals surface area contributed by atoms with E-state index < -0.39 is 0 Å². The molecule has 0 unspecified atom stereocenters. The number of nitrogens with zero attached hydrogens (tertiary/aromatic N) is 1. The minimum absolute atomic E-state index is 0.287. The number of aromatic nitrogens is 1. The lowest BCUT2D eigenvalue weighted by atomic mass is 10.2. The number of aryl methyl sites for hydroxylation is 1. The summed E-state index contributed by atoms with van der Waals surface area (Å²) >= 11 is 1.81. The fraction of sp³-hybridized carbons (Fsp3) is 0.500. The predicted octanol–water partition coefficient (Wildman–Crippen LogP) is 1.44. The molecule has 1 aliphatic heterocycles. The maximum Gasteiger partial charge on any atom is 0.254 e. The van der Waals surface area contributed by atoms with Crippen LogP contribution in [0.2, 0.25) is 0 Å². The fourth-order valence-electron chi connectivity index (χ4n) is 2.23. The van der Waals surface area contributed by atoms with Gasteiger partial charge in [-0.05, 0) is 30.9 Å². The smallest absolute Gasteiger partial charge is 0.254 e. The first kappa shape index (κ1) is 7.68. The van der Waals surface area contributed by atoms with Gasteiger partial charge in [-0.1, -0.05) is 0 Å². The first-order valence-electron chi connectivity index (χ1n) is 4.74. The Morgan fingerprint density at radius 1 is 1.38 bits per heavy atom. The molecule has 1 aromatic rings. The van der Waals surface area contributed by atoms with Gasteiger partial charge in [0, 0.05) is 17.9 Å². The highest BCUT2D eigenvalue weighted by atomic mass is 32.2. The van der Waals surface area contributed by atoms with E-state index in [0.717, 1.165) is 30.7 Å². The summed E-state index contributed by atoms with van der Waals surface area (Å²) < 4.78 is 1.94. The summed E-state index contributed by atoms with van der Waals surface area (Å²) in [5, 5.41) is 1.19. The molecule has 0 bridgehead atoms. The van der Waals surface area contributed by atoms with Gasteiger partial charge in [0.1, 0.15) is 0 Å². The van der Waals surface area contributed by atoms with Crippen molar-refractivity contribution in [3.8, 4) is 0 Å². The average molecular weight is 193 g/mol. The van der Waals surface area contributed by atoms with Gasteiger partial charge < -0.3 is 4.57 Å². The van der Waals surface area contributed by atoms with Crippen LogP contribution in [-0.4, -0.2) is 10.3 Å². The molecule has 3 rings (SSSR count). The van der Waals surface area contributed by atoms with Crippen molar-refractivity contribution in [2.75, 3.05) is 5.75 Å². The van der Waals surface area contributed by atoms with E-state index in [2.05, 4.69) is 6.07 Å². The van der Waals surface area contributed by atoms with Crippen LogP contribution in [-0.2, 0) is 19.4 Å². The largest absolute Gasteiger partial charge is 0.302 e. The lowest BCUT2D eigenvalue weighted by Gasteiger charge is -2.05. The summed E-state index contributed by atoms with van der Waals surface area (Å²) in [5.41, 5.74) is 2.69. The van der Waals surface area contributed by atoms with Gasteiger partial charge in [-0.3, -0.25) is 4.79 Å². The van der Waals surface area contributed by atoms with Crippen LogP contribution in [0.3, 0.4) is 0 Å². The van der Waals surface area contributed by atoms with Crippen molar-refractivity contribution in [3.05, 3.63) is 27.5 Å². The SMILES string of the molecule is O=c1c2c(cc3n1CCS3)CCC2. The molecule has 0 saturated carbocycles. The fourth-order valence-corrected chi connectivity index (χ4v) is 3.27. The lowest BCUT2D eigenvalue weighted by Crippen LogP contribution is -2.22. The third kappa shape index (κ3) is 0.998. The molecule has 0 saturated heterocycles. The second-order valence-corrected chi connectivity index (χ2v) is 4.76. The molecule has 0 spiro atoms. The van der Waals surface area contributed by atoms with E-state index in [9.17, 15) is 4.79 Å². The zero-order valence-electron chi connectivity index (χ0n) is 7.38. The van der Waals surface area contributed by atoms with Gasteiger partial charge in [-0.25, -0.2) is 0 Å². The lowest BCUT2D eigenvalue weighted by molar-refractivity contribution is 0.683. The Morgan fingerprint density at radius 2 is 2.31 bits per heavy atom. The second-order valence-electron chi connectivity index (χ2n) is 3.65. The molecule has 1 aliphatic carbocycles. The van der Waals surface area contributed by atoms with Crippen molar-refractivity contribution in [3.63, 3.8) is 0 Å². The van der Waals surface area contributed by atoms with Crippen LogP contribution in [0.5, 0.6) is 0 Å². The predicted molar refractivity (Wildman–Crippen MR) is 53.5 cm³/mol. The topological polar surface area (TPSA) is 22.0 Å². The van der Waals surface area contributed by atoms with E-state index in [4.69, 9.17) is 0 Å². The number of thioether (sulfide) groups is 1. The summed E-state index contributed by atoms with van der Waals surface area (Å²) in [7, 11) is 0. The van der Waals surface area contributed by atoms with Crippen LogP contribution in [0, 0.1) is 0 Å². The molecule has 0 radical (unpaired) electrons.